The highest BCUT2D eigenvalue weighted by Crippen LogP contribution is 2.37. The highest BCUT2D eigenvalue weighted by molar-refractivity contribution is 6.07. The van der Waals surface area contributed by atoms with Gasteiger partial charge in [0, 0.05) is 12.6 Å². The fourth-order valence-corrected chi connectivity index (χ4v) is 3.97. The molecule has 22 heavy (non-hydrogen) atoms. The minimum atomic E-state index is -0.221. The molecule has 3 rings (SSSR count). The van der Waals surface area contributed by atoms with Crippen molar-refractivity contribution in [1.29, 1.82) is 0 Å². The zero-order valence-electron chi connectivity index (χ0n) is 13.1. The first-order valence-electron chi connectivity index (χ1n) is 8.43. The molecule has 2 aliphatic heterocycles. The van der Waals surface area contributed by atoms with Gasteiger partial charge in [0.05, 0.1) is 11.8 Å². The molecule has 6 nitrogen and oxygen atoms in total. The van der Waals surface area contributed by atoms with Crippen molar-refractivity contribution in [2.24, 2.45) is 17.8 Å². The molecule has 0 radical (unpaired) electrons. The van der Waals surface area contributed by atoms with Crippen molar-refractivity contribution in [2.45, 2.75) is 45.1 Å². The molecule has 3 amide bonds. The molecule has 0 aromatic carbocycles. The van der Waals surface area contributed by atoms with E-state index in [0.717, 1.165) is 45.2 Å². The summed E-state index contributed by atoms with van der Waals surface area (Å²) in [5.74, 6) is -0.438. The molecule has 4 atom stereocenters. The Morgan fingerprint density at radius 1 is 1.18 bits per heavy atom. The Hall–Kier alpha value is -1.43. The van der Waals surface area contributed by atoms with Gasteiger partial charge < -0.3 is 10.6 Å². The Morgan fingerprint density at radius 3 is 2.41 bits per heavy atom. The van der Waals surface area contributed by atoms with Gasteiger partial charge in [-0.3, -0.25) is 19.3 Å². The fraction of sp³-hybridized carbons (Fsp3) is 0.812. The molecule has 1 saturated carbocycles. The molecule has 2 heterocycles. The van der Waals surface area contributed by atoms with E-state index in [9.17, 15) is 14.4 Å². The van der Waals surface area contributed by atoms with Crippen molar-refractivity contribution in [1.82, 2.24) is 15.5 Å². The SMILES string of the molecule is CC1CCNCC1NC(=O)CN1C(=O)C2CCCCC2C1=O. The van der Waals surface area contributed by atoms with E-state index in [-0.39, 0.29) is 42.1 Å². The molecule has 0 aromatic heterocycles. The molecular formula is C16H25N3O3. The van der Waals surface area contributed by atoms with Gasteiger partial charge in [0.2, 0.25) is 17.7 Å². The van der Waals surface area contributed by atoms with Crippen LogP contribution in [0.2, 0.25) is 0 Å². The lowest BCUT2D eigenvalue weighted by Gasteiger charge is -2.30. The van der Waals surface area contributed by atoms with Crippen LogP contribution < -0.4 is 10.6 Å². The quantitative estimate of drug-likeness (QED) is 0.734. The Bertz CT molecular complexity index is 455. The second kappa shape index (κ2) is 6.36. The van der Waals surface area contributed by atoms with Gasteiger partial charge in [-0.15, -0.1) is 0 Å². The molecule has 0 bridgehead atoms. The van der Waals surface area contributed by atoms with Crippen LogP contribution in [-0.4, -0.2) is 48.3 Å². The predicted octanol–water partition coefficient (Wildman–Crippen LogP) is 0.276. The summed E-state index contributed by atoms with van der Waals surface area (Å²) in [6.07, 6.45) is 4.61. The number of fused-ring (bicyclic) bond motifs is 1. The lowest BCUT2D eigenvalue weighted by atomic mass is 9.81. The number of imide groups is 1. The molecule has 2 saturated heterocycles. The van der Waals surface area contributed by atoms with Crippen LogP contribution >= 0.6 is 0 Å². The van der Waals surface area contributed by atoms with Gasteiger partial charge >= 0.3 is 0 Å². The van der Waals surface area contributed by atoms with E-state index in [1.165, 1.54) is 4.90 Å². The van der Waals surface area contributed by atoms with Crippen LogP contribution in [0, 0.1) is 17.8 Å². The average Bonchev–Trinajstić information content (AvgIpc) is 2.75. The number of piperidine rings is 1. The molecule has 2 N–H and O–H groups in total. The minimum absolute atomic E-state index is 0.0799. The summed E-state index contributed by atoms with van der Waals surface area (Å²) >= 11 is 0. The summed E-state index contributed by atoms with van der Waals surface area (Å²) < 4.78 is 0. The number of likely N-dealkylation sites (tertiary alicyclic amines) is 1. The van der Waals surface area contributed by atoms with Crippen molar-refractivity contribution in [3.05, 3.63) is 0 Å². The van der Waals surface area contributed by atoms with Gasteiger partial charge in [-0.2, -0.15) is 0 Å². The first-order valence-corrected chi connectivity index (χ1v) is 8.43. The van der Waals surface area contributed by atoms with Crippen LogP contribution in [0.4, 0.5) is 0 Å². The Labute approximate surface area is 131 Å². The maximum Gasteiger partial charge on any atom is 0.240 e. The molecule has 0 spiro atoms. The number of nitrogens with one attached hydrogen (secondary N) is 2. The molecule has 1 aliphatic carbocycles. The maximum atomic E-state index is 12.4. The van der Waals surface area contributed by atoms with Crippen LogP contribution in [0.5, 0.6) is 0 Å². The van der Waals surface area contributed by atoms with Crippen molar-refractivity contribution in [3.8, 4) is 0 Å². The third-order valence-corrected chi connectivity index (χ3v) is 5.41. The number of carbonyl (C=O) groups excluding carboxylic acids is 3. The predicted molar refractivity (Wildman–Crippen MR) is 80.7 cm³/mol. The third kappa shape index (κ3) is 2.89. The molecule has 6 heteroatoms. The normalized spacial score (nSPS) is 35.4. The molecule has 122 valence electrons. The van der Waals surface area contributed by atoms with Gasteiger partial charge in [-0.05, 0) is 31.7 Å². The molecule has 0 aromatic rings. The highest BCUT2D eigenvalue weighted by Gasteiger charge is 2.48. The van der Waals surface area contributed by atoms with Gasteiger partial charge in [-0.25, -0.2) is 0 Å². The number of hydrogen-bond acceptors (Lipinski definition) is 4. The first kappa shape index (κ1) is 15.5. The van der Waals surface area contributed by atoms with E-state index in [4.69, 9.17) is 0 Å². The van der Waals surface area contributed by atoms with Crippen LogP contribution in [0.15, 0.2) is 0 Å². The Kier molecular flexibility index (Phi) is 4.47. The zero-order valence-corrected chi connectivity index (χ0v) is 13.1. The smallest absolute Gasteiger partial charge is 0.240 e. The van der Waals surface area contributed by atoms with Crippen LogP contribution in [0.1, 0.15) is 39.0 Å². The number of carbonyl (C=O) groups is 3. The summed E-state index contributed by atoms with van der Waals surface area (Å²) in [6.45, 7) is 3.72. The Morgan fingerprint density at radius 2 is 1.82 bits per heavy atom. The average molecular weight is 307 g/mol. The van der Waals surface area contributed by atoms with Crippen molar-refractivity contribution in [2.75, 3.05) is 19.6 Å². The highest BCUT2D eigenvalue weighted by atomic mass is 16.2. The van der Waals surface area contributed by atoms with Crippen LogP contribution in [0.25, 0.3) is 0 Å². The van der Waals surface area contributed by atoms with Gasteiger partial charge in [-0.1, -0.05) is 19.8 Å². The van der Waals surface area contributed by atoms with E-state index in [1.54, 1.807) is 0 Å². The monoisotopic (exact) mass is 307 g/mol. The first-order chi connectivity index (χ1) is 10.6. The summed E-state index contributed by atoms with van der Waals surface area (Å²) in [5.41, 5.74) is 0. The maximum absolute atomic E-state index is 12.4. The molecule has 3 fully saturated rings. The summed E-state index contributed by atoms with van der Waals surface area (Å²) in [4.78, 5) is 38.1. The molecular weight excluding hydrogens is 282 g/mol. The second-order valence-electron chi connectivity index (χ2n) is 6.90. The number of rotatable bonds is 3. The van der Waals surface area contributed by atoms with Gasteiger partial charge in [0.25, 0.3) is 0 Å². The lowest BCUT2D eigenvalue weighted by molar-refractivity contribution is -0.143. The lowest BCUT2D eigenvalue weighted by Crippen LogP contribution is -2.52. The van der Waals surface area contributed by atoms with E-state index in [0.29, 0.717) is 5.92 Å². The Balaban J connectivity index is 1.59. The second-order valence-corrected chi connectivity index (χ2v) is 6.90. The van der Waals surface area contributed by atoms with E-state index < -0.39 is 0 Å². The number of amides is 3. The van der Waals surface area contributed by atoms with Crippen molar-refractivity contribution in [3.63, 3.8) is 0 Å². The summed E-state index contributed by atoms with van der Waals surface area (Å²) in [5, 5.41) is 6.23. The summed E-state index contributed by atoms with van der Waals surface area (Å²) in [7, 11) is 0. The third-order valence-electron chi connectivity index (χ3n) is 5.41. The van der Waals surface area contributed by atoms with Gasteiger partial charge in [0.15, 0.2) is 0 Å². The van der Waals surface area contributed by atoms with Gasteiger partial charge in [0.1, 0.15) is 6.54 Å². The van der Waals surface area contributed by atoms with E-state index >= 15 is 0 Å². The van der Waals surface area contributed by atoms with E-state index in [2.05, 4.69) is 17.6 Å². The number of nitrogens with zero attached hydrogens (tertiary/aromatic N) is 1. The topological polar surface area (TPSA) is 78.5 Å². The van der Waals surface area contributed by atoms with Crippen molar-refractivity contribution < 1.29 is 14.4 Å². The van der Waals surface area contributed by atoms with E-state index in [1.807, 2.05) is 0 Å². The largest absolute Gasteiger partial charge is 0.350 e. The summed E-state index contributed by atoms with van der Waals surface area (Å²) in [6, 6.07) is 0.0799. The number of hydrogen-bond donors (Lipinski definition) is 2. The zero-order chi connectivity index (χ0) is 15.7. The van der Waals surface area contributed by atoms with Crippen LogP contribution in [-0.2, 0) is 14.4 Å². The molecule has 3 aliphatic rings. The fourth-order valence-electron chi connectivity index (χ4n) is 3.97. The minimum Gasteiger partial charge on any atom is -0.350 e. The van der Waals surface area contributed by atoms with Crippen LogP contribution in [0.3, 0.4) is 0 Å². The van der Waals surface area contributed by atoms with Crippen molar-refractivity contribution >= 4 is 17.7 Å². The standard InChI is InChI=1S/C16H25N3O3/c1-10-6-7-17-8-13(10)18-14(20)9-19-15(21)11-4-2-3-5-12(11)16(19)22/h10-13,17H,2-9H2,1H3,(H,18,20). The molecule has 4 unspecified atom stereocenters.